The Hall–Kier alpha value is -3.13. The quantitative estimate of drug-likeness (QED) is 0.897. The highest BCUT2D eigenvalue weighted by Crippen LogP contribution is 2.25. The molecule has 2 aromatic rings. The molecule has 27 heavy (non-hydrogen) atoms. The zero-order valence-corrected chi connectivity index (χ0v) is 16.0. The van der Waals surface area contributed by atoms with E-state index in [2.05, 4.69) is 49.3 Å². The molecule has 0 saturated carbocycles. The maximum atomic E-state index is 12.5. The average Bonchev–Trinajstić information content (AvgIpc) is 2.68. The molecule has 0 saturated heterocycles. The van der Waals surface area contributed by atoms with E-state index < -0.39 is 0 Å². The summed E-state index contributed by atoms with van der Waals surface area (Å²) in [6, 6.07) is 13.7. The van der Waals surface area contributed by atoms with Crippen LogP contribution >= 0.6 is 0 Å². The highest BCUT2D eigenvalue weighted by atomic mass is 16.1. The molecule has 2 heterocycles. The van der Waals surface area contributed by atoms with Gasteiger partial charge >= 0.3 is 0 Å². The Bertz CT molecular complexity index is 901. The van der Waals surface area contributed by atoms with Crippen molar-refractivity contribution in [3.63, 3.8) is 0 Å². The lowest BCUT2D eigenvalue weighted by Gasteiger charge is -2.27. The van der Waals surface area contributed by atoms with E-state index in [9.17, 15) is 10.1 Å². The van der Waals surface area contributed by atoms with E-state index >= 15 is 0 Å². The molecule has 0 atom stereocenters. The molecular formula is C22H24N4O. The summed E-state index contributed by atoms with van der Waals surface area (Å²) in [5.74, 6) is 0.605. The number of hydrogen-bond donors (Lipinski definition) is 1. The second-order valence-electron chi connectivity index (χ2n) is 7.69. The summed E-state index contributed by atoms with van der Waals surface area (Å²) in [5.41, 5.74) is 3.44. The fourth-order valence-electron chi connectivity index (χ4n) is 3.07. The predicted molar refractivity (Wildman–Crippen MR) is 108 cm³/mol. The van der Waals surface area contributed by atoms with Crippen molar-refractivity contribution in [2.45, 2.75) is 32.6 Å². The van der Waals surface area contributed by atoms with Gasteiger partial charge in [0.1, 0.15) is 11.9 Å². The molecule has 5 heteroatoms. The molecule has 1 aromatic carbocycles. The van der Waals surface area contributed by atoms with Gasteiger partial charge in [0, 0.05) is 30.5 Å². The first kappa shape index (κ1) is 18.7. The minimum atomic E-state index is -0.0697. The number of hydrogen-bond acceptors (Lipinski definition) is 4. The van der Waals surface area contributed by atoms with Crippen LogP contribution in [-0.4, -0.2) is 24.0 Å². The number of anilines is 2. The summed E-state index contributed by atoms with van der Waals surface area (Å²) in [7, 11) is 0. The minimum absolute atomic E-state index is 0.0697. The van der Waals surface area contributed by atoms with Crippen LogP contribution in [0, 0.1) is 11.3 Å². The van der Waals surface area contributed by atoms with Gasteiger partial charge in [-0.2, -0.15) is 5.26 Å². The van der Waals surface area contributed by atoms with Gasteiger partial charge in [0.25, 0.3) is 5.91 Å². The number of nitrogens with zero attached hydrogens (tertiary/aromatic N) is 3. The standard InChI is InChI=1S/C22H24N4O/c1-22(2,3)18-6-8-19(9-7-18)25-21(27)16-10-13-26(14-11-16)20-17(15-23)5-4-12-24-20/h4-10,12H,11,13-14H2,1-3H3,(H,25,27). The lowest BCUT2D eigenvalue weighted by molar-refractivity contribution is -0.113. The van der Waals surface area contributed by atoms with E-state index in [1.807, 2.05) is 23.1 Å². The molecule has 0 unspecified atom stereocenters. The third-order valence-electron chi connectivity index (χ3n) is 4.72. The van der Waals surface area contributed by atoms with Crippen LogP contribution in [0.3, 0.4) is 0 Å². The van der Waals surface area contributed by atoms with Crippen LogP contribution in [0.5, 0.6) is 0 Å². The summed E-state index contributed by atoms with van der Waals surface area (Å²) >= 11 is 0. The normalized spacial score (nSPS) is 14.3. The number of carbonyl (C=O) groups excluding carboxylic acids is 1. The molecule has 0 spiro atoms. The number of amides is 1. The molecule has 5 nitrogen and oxygen atoms in total. The third-order valence-corrected chi connectivity index (χ3v) is 4.72. The Balaban J connectivity index is 1.65. The van der Waals surface area contributed by atoms with Crippen LogP contribution in [-0.2, 0) is 10.2 Å². The summed E-state index contributed by atoms with van der Waals surface area (Å²) in [6.07, 6.45) is 4.22. The number of nitriles is 1. The number of benzene rings is 1. The fourth-order valence-corrected chi connectivity index (χ4v) is 3.07. The number of nitrogens with one attached hydrogen (secondary N) is 1. The number of carbonyl (C=O) groups is 1. The number of aromatic nitrogens is 1. The SMILES string of the molecule is CC(C)(C)c1ccc(NC(=O)C2=CCN(c3ncccc3C#N)CC2)cc1. The van der Waals surface area contributed by atoms with E-state index in [-0.39, 0.29) is 11.3 Å². The Morgan fingerprint density at radius 2 is 1.96 bits per heavy atom. The second-order valence-corrected chi connectivity index (χ2v) is 7.69. The van der Waals surface area contributed by atoms with Crippen LogP contribution < -0.4 is 10.2 Å². The zero-order valence-electron chi connectivity index (χ0n) is 16.0. The Kier molecular flexibility index (Phi) is 5.27. The van der Waals surface area contributed by atoms with Crippen molar-refractivity contribution < 1.29 is 4.79 Å². The molecular weight excluding hydrogens is 336 g/mol. The lowest BCUT2D eigenvalue weighted by atomic mass is 9.87. The lowest BCUT2D eigenvalue weighted by Crippen LogP contribution is -2.32. The van der Waals surface area contributed by atoms with Crippen molar-refractivity contribution in [1.29, 1.82) is 5.26 Å². The Morgan fingerprint density at radius 3 is 2.56 bits per heavy atom. The summed E-state index contributed by atoms with van der Waals surface area (Å²) < 4.78 is 0. The third kappa shape index (κ3) is 4.35. The van der Waals surface area contributed by atoms with E-state index in [0.717, 1.165) is 11.3 Å². The van der Waals surface area contributed by atoms with E-state index in [0.29, 0.717) is 30.9 Å². The van der Waals surface area contributed by atoms with Crippen LogP contribution in [0.25, 0.3) is 0 Å². The van der Waals surface area contributed by atoms with Gasteiger partial charge in [-0.25, -0.2) is 4.98 Å². The summed E-state index contributed by atoms with van der Waals surface area (Å²) in [6.45, 7) is 7.72. The summed E-state index contributed by atoms with van der Waals surface area (Å²) in [4.78, 5) is 18.9. The molecule has 1 amide bonds. The molecule has 3 rings (SSSR count). The van der Waals surface area contributed by atoms with Crippen molar-refractivity contribution in [3.8, 4) is 6.07 Å². The highest BCUT2D eigenvalue weighted by molar-refractivity contribution is 6.04. The van der Waals surface area contributed by atoms with E-state index in [4.69, 9.17) is 0 Å². The van der Waals surface area contributed by atoms with Crippen molar-refractivity contribution >= 4 is 17.4 Å². The molecule has 0 aliphatic carbocycles. The molecule has 1 N–H and O–H groups in total. The van der Waals surface area contributed by atoms with Crippen molar-refractivity contribution in [1.82, 2.24) is 4.98 Å². The van der Waals surface area contributed by atoms with Crippen LogP contribution in [0.1, 0.15) is 38.3 Å². The first-order valence-corrected chi connectivity index (χ1v) is 9.09. The molecule has 0 bridgehead atoms. The van der Waals surface area contributed by atoms with Gasteiger partial charge in [0.15, 0.2) is 0 Å². The van der Waals surface area contributed by atoms with E-state index in [1.54, 1.807) is 18.3 Å². The minimum Gasteiger partial charge on any atom is -0.351 e. The fraction of sp³-hybridized carbons (Fsp3) is 0.318. The maximum absolute atomic E-state index is 12.5. The zero-order chi connectivity index (χ0) is 19.4. The Morgan fingerprint density at radius 1 is 1.22 bits per heavy atom. The molecule has 0 radical (unpaired) electrons. The Labute approximate surface area is 160 Å². The largest absolute Gasteiger partial charge is 0.351 e. The van der Waals surface area contributed by atoms with Crippen LogP contribution in [0.2, 0.25) is 0 Å². The number of rotatable bonds is 3. The summed E-state index contributed by atoms with van der Waals surface area (Å²) in [5, 5.41) is 12.2. The molecule has 138 valence electrons. The number of pyridine rings is 1. The predicted octanol–water partition coefficient (Wildman–Crippen LogP) is 4.03. The van der Waals surface area contributed by atoms with Crippen molar-refractivity contribution in [3.05, 3.63) is 65.4 Å². The van der Waals surface area contributed by atoms with Gasteiger partial charge in [-0.1, -0.05) is 39.0 Å². The molecule has 1 aliphatic rings. The van der Waals surface area contributed by atoms with Gasteiger partial charge in [0.05, 0.1) is 5.56 Å². The first-order chi connectivity index (χ1) is 12.9. The van der Waals surface area contributed by atoms with Gasteiger partial charge in [0.2, 0.25) is 0 Å². The van der Waals surface area contributed by atoms with Crippen molar-refractivity contribution in [2.24, 2.45) is 0 Å². The van der Waals surface area contributed by atoms with Crippen LogP contribution in [0.4, 0.5) is 11.5 Å². The van der Waals surface area contributed by atoms with E-state index in [1.165, 1.54) is 5.56 Å². The van der Waals surface area contributed by atoms with Gasteiger partial charge in [-0.15, -0.1) is 0 Å². The maximum Gasteiger partial charge on any atom is 0.251 e. The van der Waals surface area contributed by atoms with Gasteiger partial charge < -0.3 is 10.2 Å². The van der Waals surface area contributed by atoms with Crippen molar-refractivity contribution in [2.75, 3.05) is 23.3 Å². The van der Waals surface area contributed by atoms with Crippen LogP contribution in [0.15, 0.2) is 54.2 Å². The van der Waals surface area contributed by atoms with Gasteiger partial charge in [-0.3, -0.25) is 4.79 Å². The highest BCUT2D eigenvalue weighted by Gasteiger charge is 2.20. The molecule has 1 aliphatic heterocycles. The smallest absolute Gasteiger partial charge is 0.251 e. The topological polar surface area (TPSA) is 69.0 Å². The second kappa shape index (κ2) is 7.63. The average molecular weight is 360 g/mol. The molecule has 0 fully saturated rings. The molecule has 1 aromatic heterocycles. The first-order valence-electron chi connectivity index (χ1n) is 9.09. The van der Waals surface area contributed by atoms with Gasteiger partial charge in [-0.05, 0) is 41.7 Å². The monoisotopic (exact) mass is 360 g/mol.